The summed E-state index contributed by atoms with van der Waals surface area (Å²) in [6.07, 6.45) is 10.8. The van der Waals surface area contributed by atoms with E-state index >= 15 is 0 Å². The summed E-state index contributed by atoms with van der Waals surface area (Å²) < 4.78 is 11.2. The van der Waals surface area contributed by atoms with E-state index in [1.807, 2.05) is 32.6 Å². The van der Waals surface area contributed by atoms with Crippen LogP contribution in [0.1, 0.15) is 108 Å². The minimum absolute atomic E-state index is 0.0724. The third-order valence-electron chi connectivity index (χ3n) is 7.98. The average molecular weight is 553 g/mol. The van der Waals surface area contributed by atoms with Crippen LogP contribution in [-0.2, 0) is 19.1 Å². The Kier molecular flexibility index (Phi) is 22.4. The topological polar surface area (TPSA) is 81.9 Å². The first-order chi connectivity index (χ1) is 18.5. The highest BCUT2D eigenvalue weighted by Crippen LogP contribution is 2.29. The fourth-order valence-electron chi connectivity index (χ4n) is 5.07. The normalized spacial score (nSPS) is 22.0. The van der Waals surface area contributed by atoms with E-state index in [2.05, 4.69) is 59.8 Å². The standard InChI is InChI=1S/C19H36N2O4.C10H16.2C2H6/c1-7-12(2)13(3)16(24-5)11-17(22)21-10-8-9-15(21)18(25-6)14(4)19(20)23;1-8(2)10-6-4-5-9(3)7-10;2*1-2/h12-16,18H,7-11H2,1-6H3,(H2,20,23);4,6-9H,5H2,1-3H3;2*1-2H3/t12-,13-,14+,15-,16+,18+;;;/m0.../s1. The van der Waals surface area contributed by atoms with E-state index in [0.717, 1.165) is 25.2 Å². The maximum absolute atomic E-state index is 12.9. The van der Waals surface area contributed by atoms with Crippen molar-refractivity contribution in [3.8, 4) is 0 Å². The second kappa shape index (κ2) is 22.1. The monoisotopic (exact) mass is 552 g/mol. The summed E-state index contributed by atoms with van der Waals surface area (Å²) in [7, 11) is 3.25. The lowest BCUT2D eigenvalue weighted by atomic mass is 9.87. The molecule has 2 amide bonds. The molecule has 1 heterocycles. The van der Waals surface area contributed by atoms with Crippen LogP contribution in [0.4, 0.5) is 0 Å². The summed E-state index contributed by atoms with van der Waals surface area (Å²) in [5.41, 5.74) is 6.95. The third-order valence-corrected chi connectivity index (χ3v) is 7.98. The Bertz CT molecular complexity index is 718. The highest BCUT2D eigenvalue weighted by atomic mass is 16.5. The van der Waals surface area contributed by atoms with Crippen LogP contribution >= 0.6 is 0 Å². The van der Waals surface area contributed by atoms with Gasteiger partial charge in [0.05, 0.1) is 30.6 Å². The third kappa shape index (κ3) is 13.5. The second-order valence-corrected chi connectivity index (χ2v) is 10.8. The SMILES string of the molecule is CC.CC.CC1C=C(C(C)C)C=CC1.CC[C@H](C)[C@H](C)[C@@H](CC(=O)N1CCC[C@H]1[C@H](OC)[C@@H](C)C(N)=O)OC. The lowest BCUT2D eigenvalue weighted by molar-refractivity contribution is -0.141. The fraction of sp³-hybridized carbons (Fsp3) is 0.818. The molecule has 0 aromatic carbocycles. The van der Waals surface area contributed by atoms with Gasteiger partial charge in [0.1, 0.15) is 0 Å². The highest BCUT2D eigenvalue weighted by Gasteiger charge is 2.40. The van der Waals surface area contributed by atoms with E-state index in [1.54, 1.807) is 21.1 Å². The number of carbonyl (C=O) groups is 2. The number of hydrogen-bond donors (Lipinski definition) is 1. The predicted molar refractivity (Wildman–Crippen MR) is 166 cm³/mol. The zero-order valence-corrected chi connectivity index (χ0v) is 27.8. The molecule has 230 valence electrons. The molecule has 0 aromatic rings. The highest BCUT2D eigenvalue weighted by molar-refractivity contribution is 5.79. The second-order valence-electron chi connectivity index (χ2n) is 10.8. The Morgan fingerprint density at radius 2 is 1.64 bits per heavy atom. The van der Waals surface area contributed by atoms with Gasteiger partial charge in [0.2, 0.25) is 11.8 Å². The van der Waals surface area contributed by atoms with Gasteiger partial charge in [-0.3, -0.25) is 9.59 Å². The molecule has 0 spiro atoms. The zero-order valence-electron chi connectivity index (χ0n) is 27.8. The first-order valence-corrected chi connectivity index (χ1v) is 15.5. The molecular weight excluding hydrogens is 488 g/mol. The van der Waals surface area contributed by atoms with Crippen LogP contribution in [0, 0.1) is 29.6 Å². The number of primary amides is 1. The van der Waals surface area contributed by atoms with Gasteiger partial charge >= 0.3 is 0 Å². The molecule has 6 heteroatoms. The molecule has 2 N–H and O–H groups in total. The van der Waals surface area contributed by atoms with Crippen molar-refractivity contribution in [3.05, 3.63) is 23.8 Å². The Hall–Kier alpha value is -1.66. The molecule has 1 unspecified atom stereocenters. The summed E-state index contributed by atoms with van der Waals surface area (Å²) in [6, 6.07) is -0.101. The number of allylic oxidation sites excluding steroid dienone is 4. The first kappa shape index (κ1) is 39.5. The van der Waals surface area contributed by atoms with Gasteiger partial charge in [0, 0.05) is 20.8 Å². The van der Waals surface area contributed by atoms with E-state index in [9.17, 15) is 9.59 Å². The molecule has 1 fully saturated rings. The van der Waals surface area contributed by atoms with Crippen molar-refractivity contribution in [2.75, 3.05) is 20.8 Å². The number of methoxy groups -OCH3 is 2. The number of amides is 2. The number of rotatable bonds is 11. The van der Waals surface area contributed by atoms with Crippen LogP contribution in [0.25, 0.3) is 0 Å². The van der Waals surface area contributed by atoms with Crippen LogP contribution in [0.3, 0.4) is 0 Å². The minimum atomic E-state index is -0.430. The molecule has 7 atom stereocenters. The van der Waals surface area contributed by atoms with Crippen molar-refractivity contribution in [3.63, 3.8) is 0 Å². The molecule has 0 saturated carbocycles. The molecule has 0 radical (unpaired) electrons. The molecule has 2 aliphatic rings. The fourth-order valence-corrected chi connectivity index (χ4v) is 5.07. The zero-order chi connectivity index (χ0) is 30.7. The van der Waals surface area contributed by atoms with Crippen molar-refractivity contribution in [2.24, 2.45) is 35.3 Å². The molecule has 0 bridgehead atoms. The first-order valence-electron chi connectivity index (χ1n) is 15.5. The number of ether oxygens (including phenoxy) is 2. The summed E-state index contributed by atoms with van der Waals surface area (Å²) >= 11 is 0. The molecule has 1 saturated heterocycles. The smallest absolute Gasteiger partial charge is 0.225 e. The summed E-state index contributed by atoms with van der Waals surface area (Å²) in [5, 5.41) is 0. The lowest BCUT2D eigenvalue weighted by Crippen LogP contribution is -2.49. The lowest BCUT2D eigenvalue weighted by Gasteiger charge is -2.35. The van der Waals surface area contributed by atoms with Gasteiger partial charge in [-0.2, -0.15) is 0 Å². The maximum Gasteiger partial charge on any atom is 0.225 e. The Morgan fingerprint density at radius 3 is 2.05 bits per heavy atom. The Balaban J connectivity index is 0. The van der Waals surface area contributed by atoms with E-state index in [-0.39, 0.29) is 24.2 Å². The number of likely N-dealkylation sites (tertiary alicyclic amines) is 1. The van der Waals surface area contributed by atoms with Gasteiger partial charge in [0.25, 0.3) is 0 Å². The van der Waals surface area contributed by atoms with Crippen LogP contribution in [0.2, 0.25) is 0 Å². The molecule has 0 aromatic heterocycles. The van der Waals surface area contributed by atoms with E-state index < -0.39 is 11.8 Å². The number of hydrogen-bond acceptors (Lipinski definition) is 4. The van der Waals surface area contributed by atoms with Crippen molar-refractivity contribution in [1.29, 1.82) is 0 Å². The summed E-state index contributed by atoms with van der Waals surface area (Å²) in [4.78, 5) is 26.4. The van der Waals surface area contributed by atoms with Crippen molar-refractivity contribution in [2.45, 2.75) is 127 Å². The number of nitrogens with two attached hydrogens (primary N) is 1. The van der Waals surface area contributed by atoms with Crippen LogP contribution < -0.4 is 5.73 Å². The van der Waals surface area contributed by atoms with Gasteiger partial charge in [-0.15, -0.1) is 0 Å². The van der Waals surface area contributed by atoms with Crippen LogP contribution in [0.15, 0.2) is 23.8 Å². The largest absolute Gasteiger partial charge is 0.381 e. The maximum atomic E-state index is 12.9. The van der Waals surface area contributed by atoms with E-state index in [4.69, 9.17) is 15.2 Å². The van der Waals surface area contributed by atoms with Gasteiger partial charge < -0.3 is 20.1 Å². The summed E-state index contributed by atoms with van der Waals surface area (Å²) in [5.74, 6) is 1.49. The number of carbonyl (C=O) groups excluding carboxylic acids is 2. The van der Waals surface area contributed by atoms with Crippen molar-refractivity contribution in [1.82, 2.24) is 4.90 Å². The van der Waals surface area contributed by atoms with Crippen molar-refractivity contribution < 1.29 is 19.1 Å². The molecule has 2 rings (SSSR count). The van der Waals surface area contributed by atoms with Gasteiger partial charge in [-0.05, 0) is 48.5 Å². The van der Waals surface area contributed by atoms with Gasteiger partial charge in [-0.1, -0.05) is 101 Å². The number of nitrogens with zero attached hydrogens (tertiary/aromatic N) is 1. The van der Waals surface area contributed by atoms with E-state index in [0.29, 0.717) is 30.7 Å². The molecule has 1 aliphatic carbocycles. The minimum Gasteiger partial charge on any atom is -0.381 e. The average Bonchev–Trinajstić information content (AvgIpc) is 3.43. The quantitative estimate of drug-likeness (QED) is 0.289. The predicted octanol–water partition coefficient (Wildman–Crippen LogP) is 7.42. The van der Waals surface area contributed by atoms with Gasteiger partial charge in [0.15, 0.2) is 0 Å². The summed E-state index contributed by atoms with van der Waals surface area (Å²) in [6.45, 7) is 23.7. The molecule has 1 aliphatic heterocycles. The Labute approximate surface area is 242 Å². The van der Waals surface area contributed by atoms with Crippen molar-refractivity contribution >= 4 is 11.8 Å². The Morgan fingerprint density at radius 1 is 1.05 bits per heavy atom. The molecular formula is C33H64N2O4. The van der Waals surface area contributed by atoms with E-state index in [1.165, 1.54) is 12.0 Å². The van der Waals surface area contributed by atoms with Gasteiger partial charge in [-0.25, -0.2) is 0 Å². The molecule has 39 heavy (non-hydrogen) atoms. The van der Waals surface area contributed by atoms with Crippen LogP contribution in [-0.4, -0.2) is 55.7 Å². The van der Waals surface area contributed by atoms with Crippen LogP contribution in [0.5, 0.6) is 0 Å². The molecule has 6 nitrogen and oxygen atoms in total.